The van der Waals surface area contributed by atoms with E-state index < -0.39 is 57.0 Å². The summed E-state index contributed by atoms with van der Waals surface area (Å²) < 4.78 is 103. The fraction of sp³-hybridized carbons (Fsp3) is 0.750. The molecule has 0 aromatic rings. The van der Waals surface area contributed by atoms with Crippen molar-refractivity contribution in [2.24, 2.45) is 0 Å². The zero-order chi connectivity index (χ0) is 24.8. The van der Waals surface area contributed by atoms with E-state index in [2.05, 4.69) is 25.5 Å². The van der Waals surface area contributed by atoms with Crippen molar-refractivity contribution in [2.45, 2.75) is 25.4 Å². The van der Waals surface area contributed by atoms with Gasteiger partial charge in [-0.05, 0) is 6.92 Å². The third-order valence-electron chi connectivity index (χ3n) is 2.74. The molecule has 0 spiro atoms. The number of amides is 1. The number of hydrogen-bond donors (Lipinski definition) is 2. The SMILES string of the molecule is C=C(C)C(=O)OCCOCCNC(=O)OCC(F)(F)OC(F)(F)OC(F)(F)COCCO. The Labute approximate surface area is 178 Å². The fourth-order valence-corrected chi connectivity index (χ4v) is 1.53. The summed E-state index contributed by atoms with van der Waals surface area (Å²) in [6, 6.07) is 0. The van der Waals surface area contributed by atoms with Crippen LogP contribution in [0.15, 0.2) is 12.2 Å². The molecule has 0 aromatic heterocycles. The van der Waals surface area contributed by atoms with Crippen molar-refractivity contribution in [3.8, 4) is 0 Å². The number of alkyl halides is 6. The van der Waals surface area contributed by atoms with E-state index in [1.54, 1.807) is 0 Å². The number of halogens is 6. The van der Waals surface area contributed by atoms with Crippen molar-refractivity contribution >= 4 is 12.1 Å². The van der Waals surface area contributed by atoms with Crippen molar-refractivity contribution in [1.29, 1.82) is 0 Å². The number of aliphatic hydroxyl groups is 1. The Balaban J connectivity index is 4.16. The number of carbonyl (C=O) groups excluding carboxylic acids is 2. The minimum Gasteiger partial charge on any atom is -0.460 e. The Morgan fingerprint density at radius 1 is 0.875 bits per heavy atom. The highest BCUT2D eigenvalue weighted by atomic mass is 19.3. The van der Waals surface area contributed by atoms with Gasteiger partial charge in [0.2, 0.25) is 0 Å². The van der Waals surface area contributed by atoms with Crippen LogP contribution < -0.4 is 5.32 Å². The van der Waals surface area contributed by atoms with Crippen molar-refractivity contribution in [3.05, 3.63) is 12.2 Å². The molecule has 0 saturated carbocycles. The number of hydrogen-bond acceptors (Lipinski definition) is 9. The molecular formula is C16H23F6NO9. The van der Waals surface area contributed by atoms with Crippen LogP contribution in [0.4, 0.5) is 31.1 Å². The van der Waals surface area contributed by atoms with Gasteiger partial charge in [-0.25, -0.2) is 19.1 Å². The number of nitrogens with one attached hydrogen (secondary N) is 1. The molecule has 16 heteroatoms. The molecule has 0 heterocycles. The molecule has 0 atom stereocenters. The Morgan fingerprint density at radius 3 is 2.03 bits per heavy atom. The highest BCUT2D eigenvalue weighted by Gasteiger charge is 2.52. The van der Waals surface area contributed by atoms with Gasteiger partial charge in [0.25, 0.3) is 0 Å². The van der Waals surface area contributed by atoms with Crippen LogP contribution in [0.5, 0.6) is 0 Å². The lowest BCUT2D eigenvalue weighted by Crippen LogP contribution is -2.44. The summed E-state index contributed by atoms with van der Waals surface area (Å²) in [4.78, 5) is 22.3. The molecule has 188 valence electrons. The minimum atomic E-state index is -5.48. The quantitative estimate of drug-likeness (QED) is 0.104. The summed E-state index contributed by atoms with van der Waals surface area (Å²) in [6.07, 6.45) is -16.6. The topological polar surface area (TPSA) is 122 Å². The molecule has 0 rings (SSSR count). The van der Waals surface area contributed by atoms with Crippen LogP contribution in [-0.2, 0) is 33.2 Å². The molecule has 0 bridgehead atoms. The van der Waals surface area contributed by atoms with Crippen molar-refractivity contribution < 1.29 is 69.5 Å². The van der Waals surface area contributed by atoms with Gasteiger partial charge >= 0.3 is 30.6 Å². The average molecular weight is 487 g/mol. The highest BCUT2D eigenvalue weighted by Crippen LogP contribution is 2.33. The van der Waals surface area contributed by atoms with Crippen LogP contribution in [0.1, 0.15) is 6.92 Å². The second-order valence-corrected chi connectivity index (χ2v) is 5.75. The molecule has 0 aliphatic carbocycles. The number of esters is 1. The number of alkyl carbamates (subject to hydrolysis) is 1. The minimum absolute atomic E-state index is 0.0492. The summed E-state index contributed by atoms with van der Waals surface area (Å²) in [5, 5.41) is 10.3. The van der Waals surface area contributed by atoms with E-state index in [0.29, 0.717) is 0 Å². The first-order valence-corrected chi connectivity index (χ1v) is 8.73. The van der Waals surface area contributed by atoms with Crippen LogP contribution in [0.3, 0.4) is 0 Å². The van der Waals surface area contributed by atoms with Crippen molar-refractivity contribution in [2.75, 3.05) is 52.8 Å². The molecule has 10 nitrogen and oxygen atoms in total. The second-order valence-electron chi connectivity index (χ2n) is 5.75. The number of ether oxygens (including phenoxy) is 6. The van der Waals surface area contributed by atoms with Gasteiger partial charge in [0, 0.05) is 12.1 Å². The molecule has 0 aliphatic heterocycles. The van der Waals surface area contributed by atoms with Crippen LogP contribution in [-0.4, -0.2) is 88.5 Å². The number of aliphatic hydroxyl groups excluding tert-OH is 1. The molecule has 32 heavy (non-hydrogen) atoms. The van der Waals surface area contributed by atoms with E-state index in [9.17, 15) is 35.9 Å². The summed E-state index contributed by atoms with van der Waals surface area (Å²) in [5.74, 6) is -0.631. The first-order valence-electron chi connectivity index (χ1n) is 8.73. The standard InChI is InChI=1S/C16H23F6NO9/c1-11(2)12(25)29-8-7-27-5-3-23-13(26)30-10-15(19,20)32-16(21,22)31-14(17,18)9-28-6-4-24/h24H,1,3-10H2,2H3,(H,23,26). The van der Waals surface area contributed by atoms with Crippen LogP contribution in [0.2, 0.25) is 0 Å². The lowest BCUT2D eigenvalue weighted by molar-refractivity contribution is -0.517. The molecule has 0 unspecified atom stereocenters. The Kier molecular flexibility index (Phi) is 13.2. The van der Waals surface area contributed by atoms with Gasteiger partial charge in [-0.1, -0.05) is 6.58 Å². The van der Waals surface area contributed by atoms with Gasteiger partial charge in [0.1, 0.15) is 13.2 Å². The Hall–Kier alpha value is -2.14. The Bertz CT molecular complexity index is 607. The van der Waals surface area contributed by atoms with E-state index >= 15 is 0 Å². The zero-order valence-corrected chi connectivity index (χ0v) is 16.8. The first kappa shape index (κ1) is 29.9. The molecule has 1 amide bonds. The van der Waals surface area contributed by atoms with E-state index in [0.717, 1.165) is 0 Å². The van der Waals surface area contributed by atoms with Gasteiger partial charge < -0.3 is 29.4 Å². The normalized spacial score (nSPS) is 12.4. The molecule has 0 fully saturated rings. The van der Waals surface area contributed by atoms with Crippen molar-refractivity contribution in [3.63, 3.8) is 0 Å². The first-order chi connectivity index (χ1) is 14.7. The third-order valence-corrected chi connectivity index (χ3v) is 2.74. The summed E-state index contributed by atoms with van der Waals surface area (Å²) in [5.41, 5.74) is 0.181. The van der Waals surface area contributed by atoms with Gasteiger partial charge in [0.15, 0.2) is 6.61 Å². The van der Waals surface area contributed by atoms with Gasteiger partial charge in [-0.2, -0.15) is 17.6 Å². The lowest BCUT2D eigenvalue weighted by atomic mass is 10.4. The van der Waals surface area contributed by atoms with E-state index in [1.165, 1.54) is 6.92 Å². The largest absolute Gasteiger partial charge is 0.495 e. The van der Waals surface area contributed by atoms with Crippen molar-refractivity contribution in [1.82, 2.24) is 5.32 Å². The molecule has 2 N–H and O–H groups in total. The molecule has 0 saturated heterocycles. The summed E-state index contributed by atoms with van der Waals surface area (Å²) >= 11 is 0. The molecule has 0 radical (unpaired) electrons. The Morgan fingerprint density at radius 2 is 1.47 bits per heavy atom. The predicted octanol–water partition coefficient (Wildman–Crippen LogP) is 1.63. The highest BCUT2D eigenvalue weighted by molar-refractivity contribution is 5.86. The van der Waals surface area contributed by atoms with Gasteiger partial charge in [-0.15, -0.1) is 8.78 Å². The van der Waals surface area contributed by atoms with E-state index in [4.69, 9.17) is 14.6 Å². The molecular weight excluding hydrogens is 464 g/mol. The van der Waals surface area contributed by atoms with Crippen LogP contribution in [0.25, 0.3) is 0 Å². The second kappa shape index (κ2) is 14.1. The molecule has 0 aromatic carbocycles. The molecule has 0 aliphatic rings. The fourth-order valence-electron chi connectivity index (χ4n) is 1.53. The predicted molar refractivity (Wildman–Crippen MR) is 90.9 cm³/mol. The summed E-state index contributed by atoms with van der Waals surface area (Å²) in [6.45, 7) is -0.926. The maximum atomic E-state index is 13.3. The maximum Gasteiger partial charge on any atom is 0.495 e. The van der Waals surface area contributed by atoms with Crippen LogP contribution >= 0.6 is 0 Å². The smallest absolute Gasteiger partial charge is 0.460 e. The zero-order valence-electron chi connectivity index (χ0n) is 16.8. The number of rotatable bonds is 17. The monoisotopic (exact) mass is 487 g/mol. The van der Waals surface area contributed by atoms with Gasteiger partial charge in [0.05, 0.1) is 26.4 Å². The maximum absolute atomic E-state index is 13.3. The third kappa shape index (κ3) is 15.6. The van der Waals surface area contributed by atoms with E-state index in [-0.39, 0.29) is 31.9 Å². The van der Waals surface area contributed by atoms with Crippen LogP contribution in [0, 0.1) is 0 Å². The van der Waals surface area contributed by atoms with E-state index in [1.807, 2.05) is 5.32 Å². The average Bonchev–Trinajstić information content (AvgIpc) is 2.63. The number of carbonyl (C=O) groups is 2. The van der Waals surface area contributed by atoms with Gasteiger partial charge in [-0.3, -0.25) is 0 Å². The lowest BCUT2D eigenvalue weighted by Gasteiger charge is -2.26. The summed E-state index contributed by atoms with van der Waals surface area (Å²) in [7, 11) is 0.